The van der Waals surface area contributed by atoms with Gasteiger partial charge in [-0.2, -0.15) is 4.31 Å². The lowest BCUT2D eigenvalue weighted by molar-refractivity contribution is -0.136. The Labute approximate surface area is 343 Å². The van der Waals surface area contributed by atoms with Gasteiger partial charge in [0.15, 0.2) is 0 Å². The molecule has 0 aromatic heterocycles. The minimum absolute atomic E-state index is 0.0686. The van der Waals surface area contributed by atoms with E-state index in [4.69, 9.17) is 18.2 Å². The van der Waals surface area contributed by atoms with Gasteiger partial charge in [-0.25, -0.2) is 13.3 Å². The summed E-state index contributed by atoms with van der Waals surface area (Å²) in [5.41, 5.74) is 4.08. The van der Waals surface area contributed by atoms with Gasteiger partial charge in [0.25, 0.3) is 11.8 Å². The van der Waals surface area contributed by atoms with E-state index in [2.05, 4.69) is 36.7 Å². The third-order valence-electron chi connectivity index (χ3n) is 13.3. The van der Waals surface area contributed by atoms with Crippen molar-refractivity contribution >= 4 is 68.0 Å². The van der Waals surface area contributed by atoms with E-state index < -0.39 is 39.7 Å². The maximum Gasteiger partial charge on any atom is 0.262 e. The molecule has 3 aromatic carbocycles. The molecule has 58 heavy (non-hydrogen) atoms. The van der Waals surface area contributed by atoms with Gasteiger partial charge in [0.05, 0.1) is 22.6 Å². The van der Waals surface area contributed by atoms with Crippen LogP contribution in [0.4, 0.5) is 22.7 Å². The lowest BCUT2D eigenvalue weighted by Gasteiger charge is -2.49. The zero-order valence-corrected chi connectivity index (χ0v) is 33.8. The molecule has 0 aliphatic carbocycles. The third kappa shape index (κ3) is 6.69. The zero-order chi connectivity index (χ0) is 40.5. The molecule has 16 heteroatoms. The molecule has 6 aliphatic heterocycles. The minimum atomic E-state index is -3.66. The van der Waals surface area contributed by atoms with Gasteiger partial charge < -0.3 is 14.7 Å². The Morgan fingerprint density at radius 1 is 0.810 bits per heavy atom. The van der Waals surface area contributed by atoms with Crippen molar-refractivity contribution in [2.45, 2.75) is 62.0 Å². The first-order valence-corrected chi connectivity index (χ1v) is 21.8. The van der Waals surface area contributed by atoms with Gasteiger partial charge in [-0.15, -0.1) is 0 Å². The molecule has 2 atom stereocenters. The number of imide groups is 2. The fourth-order valence-electron chi connectivity index (χ4n) is 9.87. The molecule has 5 saturated heterocycles. The predicted octanol–water partition coefficient (Wildman–Crippen LogP) is 4.37. The number of rotatable bonds is 7. The number of piperazine rings is 1. The van der Waals surface area contributed by atoms with Gasteiger partial charge in [0.1, 0.15) is 6.04 Å². The Morgan fingerprint density at radius 3 is 2.16 bits per heavy atom. The number of nitrogens with one attached hydrogen (secondary N) is 1. The number of sulfonamides is 1. The van der Waals surface area contributed by atoms with Crippen LogP contribution in [0.1, 0.15) is 59.7 Å². The van der Waals surface area contributed by atoms with Gasteiger partial charge >= 0.3 is 0 Å². The molecule has 6 heterocycles. The van der Waals surface area contributed by atoms with E-state index in [-0.39, 0.29) is 35.4 Å². The van der Waals surface area contributed by atoms with Gasteiger partial charge in [-0.3, -0.25) is 34.3 Å². The summed E-state index contributed by atoms with van der Waals surface area (Å²) in [7, 11) is -3.66. The quantitative estimate of drug-likeness (QED) is 0.270. The molecule has 6 aliphatic rings. The molecule has 3 aromatic rings. The molecule has 1 unspecified atom stereocenters. The van der Waals surface area contributed by atoms with Crippen LogP contribution >= 0.6 is 11.6 Å². The lowest BCUT2D eigenvalue weighted by atomic mass is 9.76. The van der Waals surface area contributed by atoms with Crippen molar-refractivity contribution in [2.75, 3.05) is 73.6 Å². The molecule has 1 N–H and O–H groups in total. The number of benzene rings is 3. The number of amides is 4. The monoisotopic (exact) mass is 824 g/mol. The normalized spacial score (nSPS) is 24.3. The zero-order valence-electron chi connectivity index (χ0n) is 32.3. The summed E-state index contributed by atoms with van der Waals surface area (Å²) in [6, 6.07) is 17.8. The van der Waals surface area contributed by atoms with Crippen LogP contribution in [0.3, 0.4) is 0 Å². The summed E-state index contributed by atoms with van der Waals surface area (Å²) in [5.74, 6) is -2.10. The molecule has 302 valence electrons. The van der Waals surface area contributed by atoms with E-state index in [0.29, 0.717) is 60.9 Å². The van der Waals surface area contributed by atoms with Crippen LogP contribution in [0, 0.1) is 12.0 Å². The Morgan fingerprint density at radius 2 is 1.48 bits per heavy atom. The second-order valence-corrected chi connectivity index (χ2v) is 18.9. The van der Waals surface area contributed by atoms with Crippen LogP contribution in [-0.2, 0) is 19.6 Å². The van der Waals surface area contributed by atoms with E-state index in [9.17, 15) is 27.6 Å². The third-order valence-corrected chi connectivity index (χ3v) is 15.5. The highest BCUT2D eigenvalue weighted by molar-refractivity contribution is 7.89. The molecular weight excluding hydrogens is 780 g/mol. The van der Waals surface area contributed by atoms with E-state index in [1.54, 1.807) is 34.6 Å². The highest BCUT2D eigenvalue weighted by Gasteiger charge is 2.46. The summed E-state index contributed by atoms with van der Waals surface area (Å²) in [4.78, 5) is 64.4. The second kappa shape index (κ2) is 14.7. The fraction of sp³-hybridized carbons (Fsp3) is 0.452. The first kappa shape index (κ1) is 38.5. The molecule has 5 fully saturated rings. The van der Waals surface area contributed by atoms with Gasteiger partial charge in [-0.1, -0.05) is 17.7 Å². The summed E-state index contributed by atoms with van der Waals surface area (Å²) in [6.07, 6.45) is 3.37. The number of nitrogens with zero attached hydrogens (tertiary/aromatic N) is 7. The number of carbonyl (C=O) groups excluding carboxylic acids is 4. The van der Waals surface area contributed by atoms with Crippen molar-refractivity contribution in [3.63, 3.8) is 0 Å². The van der Waals surface area contributed by atoms with Crippen molar-refractivity contribution in [2.24, 2.45) is 5.41 Å². The predicted molar refractivity (Wildman–Crippen MR) is 219 cm³/mol. The van der Waals surface area contributed by atoms with Gasteiger partial charge in [0, 0.05) is 99.5 Å². The number of piperidine rings is 2. The van der Waals surface area contributed by atoms with E-state index in [1.165, 1.54) is 0 Å². The Balaban J connectivity index is 0.757. The summed E-state index contributed by atoms with van der Waals surface area (Å²) >= 11 is 6.37. The highest BCUT2D eigenvalue weighted by Crippen LogP contribution is 2.46. The topological polar surface area (TPSA) is 138 Å². The number of fused-ring (bicyclic) bond motifs is 1. The first-order valence-electron chi connectivity index (χ1n) is 20.0. The van der Waals surface area contributed by atoms with Crippen LogP contribution in [0.15, 0.2) is 65.6 Å². The second-order valence-electron chi connectivity index (χ2n) is 16.6. The van der Waals surface area contributed by atoms with E-state index in [0.717, 1.165) is 60.9 Å². The fourth-order valence-corrected chi connectivity index (χ4v) is 11.5. The average molecular weight is 825 g/mol. The lowest BCUT2D eigenvalue weighted by Crippen LogP contribution is -2.63. The van der Waals surface area contributed by atoms with Gasteiger partial charge in [0.2, 0.25) is 27.5 Å². The number of anilines is 3. The molecule has 4 amide bonds. The number of carbonyl (C=O) groups is 4. The van der Waals surface area contributed by atoms with Crippen molar-refractivity contribution < 1.29 is 27.6 Å². The Kier molecular flexibility index (Phi) is 9.74. The van der Waals surface area contributed by atoms with Crippen LogP contribution in [0.25, 0.3) is 4.85 Å². The largest absolute Gasteiger partial charge is 0.371 e. The Hall–Kier alpha value is -5.01. The highest BCUT2D eigenvalue weighted by atomic mass is 35.5. The SMILES string of the molecule is [C-]#[N+]c1ccc(N2CC3(CCN(c4ccc(S(=O)(=O)N5CCN(C6CN(c7ccc8c(c7)C(=O)N(C7CCC(=O)NC7=O)C8=O)C6)CC5)cc4)CC3)C[C@@H]2C)cc1Cl. The van der Waals surface area contributed by atoms with Crippen molar-refractivity contribution in [3.05, 3.63) is 88.2 Å². The molecule has 1 spiro atoms. The summed E-state index contributed by atoms with van der Waals surface area (Å²) in [6.45, 7) is 15.7. The number of halogens is 1. The van der Waals surface area contributed by atoms with Crippen LogP contribution in [0.2, 0.25) is 5.02 Å². The molecular formula is C42H45ClN8O6S. The minimum Gasteiger partial charge on any atom is -0.371 e. The molecule has 0 radical (unpaired) electrons. The van der Waals surface area contributed by atoms with E-state index >= 15 is 0 Å². The van der Waals surface area contributed by atoms with E-state index in [1.807, 2.05) is 30.3 Å². The summed E-state index contributed by atoms with van der Waals surface area (Å²) in [5, 5.41) is 2.71. The van der Waals surface area contributed by atoms with Crippen LogP contribution in [0.5, 0.6) is 0 Å². The standard InChI is InChI=1S/C42H45ClN8O6S/c1-27-23-42(26-50(27)30-6-10-36(44-2)35(43)22-30)13-15-46(16-14-42)28-3-7-32(8-4-28)58(56,57)49-19-17-47(18-20-49)31-24-48(25-31)29-5-9-33-34(21-29)41(55)51(40(33)54)37-11-12-38(52)45-39(37)53/h3-10,21-22,27,31,37H,11-20,23-26H2,1H3,(H,45,52,53)/t27-,37?/m0/s1. The average Bonchev–Trinajstić information content (AvgIpc) is 3.65. The number of hydrogen-bond donors (Lipinski definition) is 1. The summed E-state index contributed by atoms with van der Waals surface area (Å²) < 4.78 is 29.1. The van der Waals surface area contributed by atoms with Crippen LogP contribution < -0.4 is 20.0 Å². The maximum absolute atomic E-state index is 13.7. The van der Waals surface area contributed by atoms with Crippen molar-refractivity contribution in [3.8, 4) is 0 Å². The van der Waals surface area contributed by atoms with Gasteiger partial charge in [-0.05, 0) is 92.6 Å². The molecule has 14 nitrogen and oxygen atoms in total. The molecule has 0 bridgehead atoms. The van der Waals surface area contributed by atoms with Crippen LogP contribution in [-0.4, -0.2) is 123 Å². The first-order chi connectivity index (χ1) is 27.8. The van der Waals surface area contributed by atoms with Crippen molar-refractivity contribution in [1.82, 2.24) is 19.4 Å². The smallest absolute Gasteiger partial charge is 0.262 e. The molecule has 9 rings (SSSR count). The number of hydrogen-bond acceptors (Lipinski definition) is 10. The van der Waals surface area contributed by atoms with Crippen molar-refractivity contribution in [1.29, 1.82) is 0 Å². The maximum atomic E-state index is 13.7. The molecule has 0 saturated carbocycles. The Bertz CT molecular complexity index is 2350.